The van der Waals surface area contributed by atoms with Crippen LogP contribution < -0.4 is 0 Å². The van der Waals surface area contributed by atoms with Gasteiger partial charge in [-0.3, -0.25) is 4.57 Å². The van der Waals surface area contributed by atoms with Gasteiger partial charge in [0.25, 0.3) is 0 Å². The highest BCUT2D eigenvalue weighted by Crippen LogP contribution is 2.56. The minimum atomic E-state index is -0.553. The molecule has 59 heavy (non-hydrogen) atoms. The maximum Gasteiger partial charge on any atom is 0.165 e. The van der Waals surface area contributed by atoms with Gasteiger partial charge in [-0.25, -0.2) is 19.9 Å². The second kappa shape index (κ2) is 12.1. The molecule has 0 aliphatic heterocycles. The second-order valence-corrected chi connectivity index (χ2v) is 15.7. The monoisotopic (exact) mass is 751 g/mol. The van der Waals surface area contributed by atoms with Crippen LogP contribution in [0.3, 0.4) is 0 Å². The number of nitrogens with zero attached hydrogens (tertiary/aromatic N) is 5. The zero-order valence-electron chi connectivity index (χ0n) is 31.8. The minimum Gasteiger partial charge on any atom is -0.293 e. The third kappa shape index (κ3) is 4.44. The minimum absolute atomic E-state index is 0.0165. The summed E-state index contributed by atoms with van der Waals surface area (Å²) < 4.78 is 2.26. The summed E-state index contributed by atoms with van der Waals surface area (Å²) >= 11 is 0. The fraction of sp³-hybridized carbons (Fsp3) is 0.0370. The third-order valence-electron chi connectivity index (χ3n) is 12.7. The number of aromatic nitrogens is 5. The summed E-state index contributed by atoms with van der Waals surface area (Å²) in [6, 6.07) is 69.8. The normalized spacial score (nSPS) is 14.7. The summed E-state index contributed by atoms with van der Waals surface area (Å²) in [6.45, 7) is 0. The van der Waals surface area contributed by atoms with E-state index < -0.39 is 5.41 Å². The average molecular weight is 752 g/mol. The molecule has 0 N–H and O–H groups in total. The van der Waals surface area contributed by atoms with Crippen LogP contribution in [0.15, 0.2) is 194 Å². The Balaban J connectivity index is 0.999. The number of fused-ring (bicyclic) bond motifs is 11. The number of hydrogen-bond donors (Lipinski definition) is 0. The molecule has 11 aromatic rings. The van der Waals surface area contributed by atoms with E-state index in [1.54, 1.807) is 0 Å². The van der Waals surface area contributed by atoms with Gasteiger partial charge in [-0.15, -0.1) is 0 Å². The Morgan fingerprint density at radius 2 is 0.949 bits per heavy atom. The van der Waals surface area contributed by atoms with Crippen LogP contribution in [0.25, 0.3) is 72.2 Å². The molecule has 1 unspecified atom stereocenters. The van der Waals surface area contributed by atoms with Crippen LogP contribution in [0, 0.1) is 0 Å². The first kappa shape index (κ1) is 32.3. The molecule has 2 aliphatic carbocycles. The van der Waals surface area contributed by atoms with Gasteiger partial charge in [-0.1, -0.05) is 152 Å². The van der Waals surface area contributed by atoms with E-state index in [-0.39, 0.29) is 5.92 Å². The van der Waals surface area contributed by atoms with Gasteiger partial charge in [0.15, 0.2) is 5.65 Å². The van der Waals surface area contributed by atoms with Crippen molar-refractivity contribution in [3.05, 3.63) is 233 Å². The quantitative estimate of drug-likeness (QED) is 0.180. The molecule has 0 spiro atoms. The van der Waals surface area contributed by atoms with Crippen LogP contribution >= 0.6 is 0 Å². The van der Waals surface area contributed by atoms with Crippen molar-refractivity contribution >= 4 is 44.1 Å². The molecule has 0 radical (unpaired) electrons. The molecule has 0 saturated carbocycles. The highest BCUT2D eigenvalue weighted by Gasteiger charge is 2.46. The zero-order valence-corrected chi connectivity index (χ0v) is 31.8. The summed E-state index contributed by atoms with van der Waals surface area (Å²) in [7, 11) is 0. The van der Waals surface area contributed by atoms with Crippen LogP contribution in [0.5, 0.6) is 0 Å². The molecule has 0 amide bonds. The van der Waals surface area contributed by atoms with Gasteiger partial charge in [-0.05, 0) is 87.0 Å². The molecule has 2 aliphatic rings. The molecule has 5 nitrogen and oxygen atoms in total. The largest absolute Gasteiger partial charge is 0.293 e. The van der Waals surface area contributed by atoms with Crippen molar-refractivity contribution in [3.63, 3.8) is 0 Å². The van der Waals surface area contributed by atoms with Crippen LogP contribution in [0.4, 0.5) is 0 Å². The maximum atomic E-state index is 5.26. The van der Waals surface area contributed by atoms with E-state index in [0.717, 1.165) is 66.8 Å². The fourth-order valence-electron chi connectivity index (χ4n) is 10.2. The standard InChI is InChI=1S/C54H33N5/c1-2-16-40-39(15-1)49(52-50(40)55-44-20-8-9-21-45(44)57-52)33-25-27-34(28-26-33)54(42-18-6-3-13-37(42)38-14-4-7-19-43(38)54)35-29-31-36(32-30-35)59-48-24-12-5-17-41(48)51-53(59)58-47-23-11-10-22-46(47)56-51/h1-32,49H. The lowest BCUT2D eigenvalue weighted by Crippen LogP contribution is -2.28. The van der Waals surface area contributed by atoms with Gasteiger partial charge in [-0.2, -0.15) is 0 Å². The van der Waals surface area contributed by atoms with Crippen molar-refractivity contribution in [2.24, 2.45) is 0 Å². The van der Waals surface area contributed by atoms with E-state index in [9.17, 15) is 0 Å². The maximum absolute atomic E-state index is 5.26. The lowest BCUT2D eigenvalue weighted by atomic mass is 9.67. The first-order chi connectivity index (χ1) is 29.3. The number of para-hydroxylation sites is 5. The van der Waals surface area contributed by atoms with Crippen molar-refractivity contribution < 1.29 is 0 Å². The van der Waals surface area contributed by atoms with Gasteiger partial charge in [0.05, 0.1) is 50.3 Å². The number of hydrogen-bond acceptors (Lipinski definition) is 4. The molecular weight excluding hydrogens is 719 g/mol. The smallest absolute Gasteiger partial charge is 0.165 e. The molecule has 3 heterocycles. The second-order valence-electron chi connectivity index (χ2n) is 15.7. The van der Waals surface area contributed by atoms with Crippen LogP contribution in [-0.2, 0) is 5.41 Å². The Kier molecular flexibility index (Phi) is 6.64. The van der Waals surface area contributed by atoms with Crippen molar-refractivity contribution in [3.8, 4) is 28.1 Å². The number of benzene rings is 8. The van der Waals surface area contributed by atoms with Crippen LogP contribution in [0.1, 0.15) is 45.0 Å². The SMILES string of the molecule is c1ccc2c(c1)-c1nc3ccccc3nc1C2c1ccc(C2(c3ccc(-n4c5ccccc5c5nc6ccccc6nc54)cc3)c3ccccc3-c3ccccc32)cc1. The highest BCUT2D eigenvalue weighted by atomic mass is 15.1. The Labute approximate surface area is 340 Å². The van der Waals surface area contributed by atoms with Crippen molar-refractivity contribution in [2.45, 2.75) is 11.3 Å². The van der Waals surface area contributed by atoms with Gasteiger partial charge in [0, 0.05) is 16.6 Å². The van der Waals surface area contributed by atoms with E-state index in [2.05, 4.69) is 162 Å². The Bertz CT molecular complexity index is 3460. The van der Waals surface area contributed by atoms with Crippen molar-refractivity contribution in [1.29, 1.82) is 0 Å². The van der Waals surface area contributed by atoms with Gasteiger partial charge >= 0.3 is 0 Å². The van der Waals surface area contributed by atoms with E-state index >= 15 is 0 Å². The van der Waals surface area contributed by atoms with E-state index in [4.69, 9.17) is 19.9 Å². The van der Waals surface area contributed by atoms with Gasteiger partial charge < -0.3 is 0 Å². The lowest BCUT2D eigenvalue weighted by Gasteiger charge is -2.34. The summed E-state index contributed by atoms with van der Waals surface area (Å²) in [6.07, 6.45) is 0. The summed E-state index contributed by atoms with van der Waals surface area (Å²) in [5, 5.41) is 1.09. The molecule has 8 aromatic carbocycles. The van der Waals surface area contributed by atoms with Crippen molar-refractivity contribution in [1.82, 2.24) is 24.5 Å². The van der Waals surface area contributed by atoms with Gasteiger partial charge in [0.1, 0.15) is 5.52 Å². The third-order valence-corrected chi connectivity index (χ3v) is 12.7. The summed E-state index contributed by atoms with van der Waals surface area (Å²) in [4.78, 5) is 20.7. The predicted octanol–water partition coefficient (Wildman–Crippen LogP) is 12.2. The molecule has 13 rings (SSSR count). The Morgan fingerprint density at radius 3 is 1.64 bits per heavy atom. The molecule has 274 valence electrons. The Hall–Kier alpha value is -7.76. The molecule has 3 aromatic heterocycles. The first-order valence-corrected chi connectivity index (χ1v) is 20.2. The van der Waals surface area contributed by atoms with E-state index in [0.29, 0.717) is 0 Å². The lowest BCUT2D eigenvalue weighted by molar-refractivity contribution is 0.766. The van der Waals surface area contributed by atoms with Crippen LogP contribution in [-0.4, -0.2) is 24.5 Å². The van der Waals surface area contributed by atoms with E-state index in [1.165, 1.54) is 44.5 Å². The first-order valence-electron chi connectivity index (χ1n) is 20.2. The topological polar surface area (TPSA) is 56.5 Å². The van der Waals surface area contributed by atoms with Crippen molar-refractivity contribution in [2.75, 3.05) is 0 Å². The Morgan fingerprint density at radius 1 is 0.424 bits per heavy atom. The summed E-state index contributed by atoms with van der Waals surface area (Å²) in [5.41, 5.74) is 20.1. The average Bonchev–Trinajstić information content (AvgIpc) is 3.91. The molecule has 0 fully saturated rings. The van der Waals surface area contributed by atoms with Crippen LogP contribution in [0.2, 0.25) is 0 Å². The summed E-state index contributed by atoms with van der Waals surface area (Å²) in [5.74, 6) is -0.0165. The molecule has 0 bridgehead atoms. The fourth-order valence-corrected chi connectivity index (χ4v) is 10.2. The predicted molar refractivity (Wildman–Crippen MR) is 237 cm³/mol. The zero-order chi connectivity index (χ0) is 38.7. The molecule has 1 atom stereocenters. The molecule has 5 heteroatoms. The number of rotatable bonds is 4. The van der Waals surface area contributed by atoms with E-state index in [1.807, 2.05) is 36.4 Å². The van der Waals surface area contributed by atoms with Gasteiger partial charge in [0.2, 0.25) is 0 Å². The molecular formula is C54H33N5. The molecule has 0 saturated heterocycles. The highest BCUT2D eigenvalue weighted by molar-refractivity contribution is 6.07.